The van der Waals surface area contributed by atoms with Crippen molar-refractivity contribution in [2.45, 2.75) is 11.5 Å². The number of halogens is 1. The Kier molecular flexibility index (Phi) is 3.96. The highest BCUT2D eigenvalue weighted by Gasteiger charge is 2.03. The van der Waals surface area contributed by atoms with E-state index in [1.165, 1.54) is 5.56 Å². The van der Waals surface area contributed by atoms with Crippen molar-refractivity contribution in [1.82, 2.24) is 0 Å². The molecule has 0 saturated carbocycles. The van der Waals surface area contributed by atoms with Gasteiger partial charge in [0.05, 0.1) is 12.0 Å². The lowest BCUT2D eigenvalue weighted by Crippen LogP contribution is -1.91. The molecule has 0 bridgehead atoms. The fourth-order valence-corrected chi connectivity index (χ4v) is 2.89. The molecule has 2 N–H and O–H groups in total. The van der Waals surface area contributed by atoms with E-state index in [1.807, 2.05) is 36.0 Å². The van der Waals surface area contributed by atoms with Gasteiger partial charge in [-0.3, -0.25) is 0 Å². The fourth-order valence-electron chi connectivity index (χ4n) is 1.37. The van der Waals surface area contributed by atoms with Gasteiger partial charge in [0, 0.05) is 15.9 Å². The summed E-state index contributed by atoms with van der Waals surface area (Å²) in [5.41, 5.74) is 7.82. The van der Waals surface area contributed by atoms with E-state index in [2.05, 4.69) is 22.0 Å². The van der Waals surface area contributed by atoms with Crippen LogP contribution in [0.1, 0.15) is 11.3 Å². The third-order valence-electron chi connectivity index (χ3n) is 2.19. The molecule has 0 unspecified atom stereocenters. The zero-order chi connectivity index (χ0) is 11.4. The average molecular weight is 298 g/mol. The van der Waals surface area contributed by atoms with Crippen molar-refractivity contribution in [2.24, 2.45) is 0 Å². The minimum Gasteiger partial charge on any atom is -0.468 e. The van der Waals surface area contributed by atoms with Crippen molar-refractivity contribution < 1.29 is 4.42 Å². The molecule has 0 radical (unpaired) electrons. The Balaban J connectivity index is 1.92. The zero-order valence-electron chi connectivity index (χ0n) is 8.65. The third kappa shape index (κ3) is 2.83. The van der Waals surface area contributed by atoms with Crippen LogP contribution in [0.5, 0.6) is 0 Å². The van der Waals surface area contributed by atoms with Crippen molar-refractivity contribution in [3.8, 4) is 0 Å². The number of anilines is 1. The van der Waals surface area contributed by atoms with E-state index in [-0.39, 0.29) is 0 Å². The lowest BCUT2D eigenvalue weighted by atomic mass is 10.2. The second-order valence-corrected chi connectivity index (χ2v) is 5.17. The molecule has 0 aliphatic heterocycles. The third-order valence-corrected chi connectivity index (χ3v) is 4.16. The van der Waals surface area contributed by atoms with Gasteiger partial charge in [-0.05, 0) is 39.7 Å². The molecule has 84 valence electrons. The summed E-state index contributed by atoms with van der Waals surface area (Å²) in [6.45, 7) is 0. The van der Waals surface area contributed by atoms with E-state index in [4.69, 9.17) is 10.2 Å². The topological polar surface area (TPSA) is 39.2 Å². The van der Waals surface area contributed by atoms with Crippen molar-refractivity contribution in [2.75, 3.05) is 5.73 Å². The van der Waals surface area contributed by atoms with Crippen LogP contribution in [-0.2, 0) is 11.5 Å². The largest absolute Gasteiger partial charge is 0.468 e. The maximum Gasteiger partial charge on any atom is 0.113 e. The van der Waals surface area contributed by atoms with Crippen LogP contribution in [0.3, 0.4) is 0 Å². The van der Waals surface area contributed by atoms with Crippen molar-refractivity contribution in [3.05, 3.63) is 52.4 Å². The minimum atomic E-state index is 0.788. The van der Waals surface area contributed by atoms with Gasteiger partial charge in [0.25, 0.3) is 0 Å². The normalized spacial score (nSPS) is 10.6. The standard InChI is InChI=1S/C12H12BrNOS/c13-12-9(3-1-5-11(12)14)7-16-8-10-4-2-6-15-10/h1-6H,7-8,14H2. The first-order valence-corrected chi connectivity index (χ1v) is 6.85. The molecule has 0 aliphatic carbocycles. The zero-order valence-corrected chi connectivity index (χ0v) is 11.1. The number of hydrogen-bond acceptors (Lipinski definition) is 3. The fraction of sp³-hybridized carbons (Fsp3) is 0.167. The lowest BCUT2D eigenvalue weighted by Gasteiger charge is -2.05. The van der Waals surface area contributed by atoms with Crippen LogP contribution in [0.4, 0.5) is 5.69 Å². The molecule has 0 aliphatic rings. The number of rotatable bonds is 4. The molecule has 0 atom stereocenters. The van der Waals surface area contributed by atoms with E-state index < -0.39 is 0 Å². The maximum absolute atomic E-state index is 5.81. The Bertz CT molecular complexity index is 456. The van der Waals surface area contributed by atoms with E-state index in [9.17, 15) is 0 Å². The SMILES string of the molecule is Nc1cccc(CSCc2ccco2)c1Br. The molecule has 4 heteroatoms. The molecule has 1 heterocycles. The predicted molar refractivity (Wildman–Crippen MR) is 72.3 cm³/mol. The molecule has 0 saturated heterocycles. The summed E-state index contributed by atoms with van der Waals surface area (Å²) in [5.74, 6) is 2.81. The summed E-state index contributed by atoms with van der Waals surface area (Å²) in [6.07, 6.45) is 1.70. The second-order valence-electron chi connectivity index (χ2n) is 3.39. The summed E-state index contributed by atoms with van der Waals surface area (Å²) in [7, 11) is 0. The smallest absolute Gasteiger partial charge is 0.113 e. The first-order valence-electron chi connectivity index (χ1n) is 4.90. The predicted octanol–water partition coefficient (Wildman–Crippen LogP) is 4.06. The summed E-state index contributed by atoms with van der Waals surface area (Å²) in [6, 6.07) is 9.84. The van der Waals surface area contributed by atoms with Gasteiger partial charge in [0.15, 0.2) is 0 Å². The van der Waals surface area contributed by atoms with Crippen LogP contribution in [0.15, 0.2) is 45.5 Å². The van der Waals surface area contributed by atoms with Crippen LogP contribution in [0.2, 0.25) is 0 Å². The summed E-state index contributed by atoms with van der Waals surface area (Å²) < 4.78 is 6.27. The van der Waals surface area contributed by atoms with Gasteiger partial charge < -0.3 is 10.2 Å². The van der Waals surface area contributed by atoms with Crippen LogP contribution in [0.25, 0.3) is 0 Å². The van der Waals surface area contributed by atoms with Crippen molar-refractivity contribution in [3.63, 3.8) is 0 Å². The molecule has 0 fully saturated rings. The molecule has 2 aromatic rings. The Hall–Kier alpha value is -0.870. The number of nitrogens with two attached hydrogens (primary N) is 1. The Morgan fingerprint density at radius 3 is 2.81 bits per heavy atom. The van der Waals surface area contributed by atoms with Crippen LogP contribution < -0.4 is 5.73 Å². The van der Waals surface area contributed by atoms with Crippen LogP contribution in [-0.4, -0.2) is 0 Å². The van der Waals surface area contributed by atoms with Gasteiger partial charge in [-0.1, -0.05) is 12.1 Å². The summed E-state index contributed by atoms with van der Waals surface area (Å²) >= 11 is 5.30. The van der Waals surface area contributed by atoms with Gasteiger partial charge in [0.1, 0.15) is 5.76 Å². The Morgan fingerprint density at radius 2 is 2.06 bits per heavy atom. The van der Waals surface area contributed by atoms with Gasteiger partial charge in [0.2, 0.25) is 0 Å². The molecule has 1 aromatic carbocycles. The molecule has 2 nitrogen and oxygen atoms in total. The summed E-state index contributed by atoms with van der Waals surface area (Å²) in [5, 5.41) is 0. The van der Waals surface area contributed by atoms with Crippen molar-refractivity contribution in [1.29, 1.82) is 0 Å². The second kappa shape index (κ2) is 5.46. The maximum atomic E-state index is 5.81. The molecule has 2 rings (SSSR count). The Morgan fingerprint density at radius 1 is 1.19 bits per heavy atom. The highest BCUT2D eigenvalue weighted by molar-refractivity contribution is 9.10. The monoisotopic (exact) mass is 297 g/mol. The van der Waals surface area contributed by atoms with Crippen LogP contribution >= 0.6 is 27.7 Å². The van der Waals surface area contributed by atoms with Gasteiger partial charge in [-0.25, -0.2) is 0 Å². The Labute approximate surface area is 107 Å². The summed E-state index contributed by atoms with van der Waals surface area (Å²) in [4.78, 5) is 0. The minimum absolute atomic E-state index is 0.788. The highest BCUT2D eigenvalue weighted by Crippen LogP contribution is 2.28. The van der Waals surface area contributed by atoms with E-state index >= 15 is 0 Å². The number of benzene rings is 1. The average Bonchev–Trinajstić information content (AvgIpc) is 2.77. The molecular weight excluding hydrogens is 286 g/mol. The number of nitrogen functional groups attached to an aromatic ring is 1. The quantitative estimate of drug-likeness (QED) is 0.865. The molecule has 0 amide bonds. The van der Waals surface area contributed by atoms with Gasteiger partial charge in [-0.2, -0.15) is 0 Å². The first-order chi connectivity index (χ1) is 7.77. The molecule has 0 spiro atoms. The van der Waals surface area contributed by atoms with Crippen LogP contribution in [0, 0.1) is 0 Å². The van der Waals surface area contributed by atoms with E-state index in [0.29, 0.717) is 0 Å². The lowest BCUT2D eigenvalue weighted by molar-refractivity contribution is 0.530. The first kappa shape index (κ1) is 11.6. The van der Waals surface area contributed by atoms with Crippen molar-refractivity contribution >= 4 is 33.4 Å². The molecular formula is C12H12BrNOS. The number of furan rings is 1. The molecule has 16 heavy (non-hydrogen) atoms. The number of thioether (sulfide) groups is 1. The number of hydrogen-bond donors (Lipinski definition) is 1. The van der Waals surface area contributed by atoms with Gasteiger partial charge in [-0.15, -0.1) is 11.8 Å². The van der Waals surface area contributed by atoms with Gasteiger partial charge >= 0.3 is 0 Å². The van der Waals surface area contributed by atoms with E-state index in [1.54, 1.807) is 6.26 Å². The van der Waals surface area contributed by atoms with E-state index in [0.717, 1.165) is 27.4 Å². The molecule has 1 aromatic heterocycles. The highest BCUT2D eigenvalue weighted by atomic mass is 79.9.